The lowest BCUT2D eigenvalue weighted by Gasteiger charge is -2.21. The lowest BCUT2D eigenvalue weighted by Crippen LogP contribution is -2.34. The first-order valence-electron chi connectivity index (χ1n) is 8.68. The van der Waals surface area contributed by atoms with E-state index < -0.39 is 10.0 Å². The molecule has 1 aromatic carbocycles. The molecular formula is C18H21N3O3S2. The molecule has 1 N–H and O–H groups in total. The number of aromatic nitrogens is 1. The van der Waals surface area contributed by atoms with Gasteiger partial charge in [0.2, 0.25) is 10.0 Å². The normalized spacial score (nSPS) is 19.5. The average Bonchev–Trinajstić information content (AvgIpc) is 3.21. The van der Waals surface area contributed by atoms with Gasteiger partial charge in [0.25, 0.3) is 5.91 Å². The van der Waals surface area contributed by atoms with Gasteiger partial charge in [-0.1, -0.05) is 0 Å². The number of benzene rings is 1. The summed E-state index contributed by atoms with van der Waals surface area (Å²) in [6, 6.07) is 5.07. The number of nitrogens with one attached hydrogen (secondary N) is 1. The molecule has 1 aliphatic carbocycles. The first-order valence-corrected chi connectivity index (χ1v) is 11.4. The molecular weight excluding hydrogens is 370 g/mol. The number of hydrogen-bond acceptors (Lipinski definition) is 5. The number of carbonyl (C=O) groups is 1. The smallest absolute Gasteiger partial charge is 0.251 e. The van der Waals surface area contributed by atoms with Gasteiger partial charge in [-0.2, -0.15) is 0 Å². The van der Waals surface area contributed by atoms with Crippen LogP contribution in [0.25, 0.3) is 0 Å². The minimum absolute atomic E-state index is 0.130. The second kappa shape index (κ2) is 6.35. The van der Waals surface area contributed by atoms with Crippen molar-refractivity contribution in [1.29, 1.82) is 0 Å². The van der Waals surface area contributed by atoms with Crippen molar-refractivity contribution in [1.82, 2.24) is 10.3 Å². The predicted octanol–water partition coefficient (Wildman–Crippen LogP) is 2.66. The van der Waals surface area contributed by atoms with Gasteiger partial charge in [0.15, 0.2) is 0 Å². The van der Waals surface area contributed by atoms with Crippen molar-refractivity contribution >= 4 is 33.0 Å². The highest BCUT2D eigenvalue weighted by atomic mass is 32.2. The number of fused-ring (bicyclic) bond motifs is 1. The summed E-state index contributed by atoms with van der Waals surface area (Å²) < 4.78 is 25.4. The molecule has 1 aliphatic heterocycles. The molecule has 138 valence electrons. The number of anilines is 1. The molecule has 2 aliphatic rings. The van der Waals surface area contributed by atoms with Gasteiger partial charge in [0.05, 0.1) is 24.2 Å². The van der Waals surface area contributed by atoms with Gasteiger partial charge < -0.3 is 5.32 Å². The van der Waals surface area contributed by atoms with E-state index in [1.807, 2.05) is 6.92 Å². The SMILES string of the molecule is CC1Cc2cc(C(=O)NCc3nc(C4CC4)cs3)ccc2N1S(C)(=O)=O. The summed E-state index contributed by atoms with van der Waals surface area (Å²) in [5, 5.41) is 5.90. The molecule has 1 fully saturated rings. The maximum absolute atomic E-state index is 12.5. The van der Waals surface area contributed by atoms with E-state index in [4.69, 9.17) is 0 Å². The minimum Gasteiger partial charge on any atom is -0.346 e. The second-order valence-corrected chi connectivity index (χ2v) is 9.88. The van der Waals surface area contributed by atoms with Crippen molar-refractivity contribution in [2.75, 3.05) is 10.6 Å². The van der Waals surface area contributed by atoms with Crippen LogP contribution in [-0.2, 0) is 23.0 Å². The maximum atomic E-state index is 12.5. The lowest BCUT2D eigenvalue weighted by atomic mass is 10.1. The largest absolute Gasteiger partial charge is 0.346 e. The van der Waals surface area contributed by atoms with E-state index >= 15 is 0 Å². The van der Waals surface area contributed by atoms with Crippen LogP contribution in [-0.4, -0.2) is 31.6 Å². The van der Waals surface area contributed by atoms with Crippen molar-refractivity contribution < 1.29 is 13.2 Å². The topological polar surface area (TPSA) is 79.4 Å². The number of thiazole rings is 1. The molecule has 4 rings (SSSR count). The first kappa shape index (κ1) is 17.5. The molecule has 6 nitrogen and oxygen atoms in total. The first-order chi connectivity index (χ1) is 12.3. The molecule has 1 amide bonds. The molecule has 0 saturated heterocycles. The van der Waals surface area contributed by atoms with Crippen LogP contribution in [0, 0.1) is 0 Å². The Kier molecular flexibility index (Phi) is 4.27. The molecule has 1 saturated carbocycles. The van der Waals surface area contributed by atoms with Crippen molar-refractivity contribution in [3.63, 3.8) is 0 Å². The molecule has 1 unspecified atom stereocenters. The van der Waals surface area contributed by atoms with Crippen LogP contribution in [0.2, 0.25) is 0 Å². The van der Waals surface area contributed by atoms with Gasteiger partial charge in [0, 0.05) is 22.9 Å². The van der Waals surface area contributed by atoms with Crippen LogP contribution in [0.5, 0.6) is 0 Å². The fourth-order valence-electron chi connectivity index (χ4n) is 3.48. The van der Waals surface area contributed by atoms with Crippen LogP contribution in [0.15, 0.2) is 23.6 Å². The Morgan fingerprint density at radius 1 is 1.38 bits per heavy atom. The number of hydrogen-bond donors (Lipinski definition) is 1. The summed E-state index contributed by atoms with van der Waals surface area (Å²) in [5.41, 5.74) is 3.25. The quantitative estimate of drug-likeness (QED) is 0.850. The van der Waals surface area contributed by atoms with Gasteiger partial charge in [0.1, 0.15) is 5.01 Å². The zero-order valence-electron chi connectivity index (χ0n) is 14.7. The lowest BCUT2D eigenvalue weighted by molar-refractivity contribution is 0.0951. The van der Waals surface area contributed by atoms with Gasteiger partial charge in [-0.3, -0.25) is 9.10 Å². The molecule has 1 aromatic heterocycles. The Morgan fingerprint density at radius 2 is 2.15 bits per heavy atom. The highest BCUT2D eigenvalue weighted by molar-refractivity contribution is 7.92. The number of amides is 1. The second-order valence-electron chi connectivity index (χ2n) is 7.08. The summed E-state index contributed by atoms with van der Waals surface area (Å²) in [4.78, 5) is 17.0. The van der Waals surface area contributed by atoms with Crippen molar-refractivity contribution in [3.8, 4) is 0 Å². The number of carbonyl (C=O) groups excluding carboxylic acids is 1. The molecule has 8 heteroatoms. The maximum Gasteiger partial charge on any atom is 0.251 e. The van der Waals surface area contributed by atoms with E-state index in [1.54, 1.807) is 29.5 Å². The fourth-order valence-corrected chi connectivity index (χ4v) is 5.56. The van der Waals surface area contributed by atoms with E-state index in [-0.39, 0.29) is 11.9 Å². The molecule has 2 heterocycles. The van der Waals surface area contributed by atoms with Crippen LogP contribution < -0.4 is 9.62 Å². The monoisotopic (exact) mass is 391 g/mol. The molecule has 0 spiro atoms. The van der Waals surface area contributed by atoms with E-state index in [0.717, 1.165) is 16.3 Å². The summed E-state index contributed by atoms with van der Waals surface area (Å²) in [7, 11) is -3.32. The van der Waals surface area contributed by atoms with Gasteiger partial charge >= 0.3 is 0 Å². The van der Waals surface area contributed by atoms with Gasteiger partial charge in [-0.05, 0) is 49.9 Å². The predicted molar refractivity (Wildman–Crippen MR) is 102 cm³/mol. The van der Waals surface area contributed by atoms with E-state index in [2.05, 4.69) is 15.7 Å². The number of rotatable bonds is 5. The zero-order valence-corrected chi connectivity index (χ0v) is 16.4. The summed E-state index contributed by atoms with van der Waals surface area (Å²) in [5.74, 6) is 0.452. The van der Waals surface area contributed by atoms with E-state index in [1.165, 1.54) is 23.4 Å². The molecule has 2 aromatic rings. The average molecular weight is 392 g/mol. The third-order valence-corrected chi connectivity index (χ3v) is 6.96. The summed E-state index contributed by atoms with van der Waals surface area (Å²) in [6.07, 6.45) is 4.26. The number of nitrogens with zero attached hydrogens (tertiary/aromatic N) is 2. The standard InChI is InChI=1S/C18H21N3O3S2/c1-11-7-14-8-13(5-6-16(14)21(11)26(2,23)24)18(22)19-9-17-20-15(10-25-17)12-3-4-12/h5-6,8,10-12H,3-4,7,9H2,1-2H3,(H,19,22). The van der Waals surface area contributed by atoms with Gasteiger partial charge in [-0.25, -0.2) is 13.4 Å². The Balaban J connectivity index is 1.46. The van der Waals surface area contributed by atoms with Crippen molar-refractivity contribution in [3.05, 3.63) is 45.4 Å². The Morgan fingerprint density at radius 3 is 2.85 bits per heavy atom. The Hall–Kier alpha value is -1.93. The van der Waals surface area contributed by atoms with Gasteiger partial charge in [-0.15, -0.1) is 11.3 Å². The molecule has 0 bridgehead atoms. The molecule has 26 heavy (non-hydrogen) atoms. The summed E-state index contributed by atoms with van der Waals surface area (Å²) in [6.45, 7) is 2.29. The molecule has 0 radical (unpaired) electrons. The van der Waals surface area contributed by atoms with E-state index in [0.29, 0.717) is 30.1 Å². The Labute approximate surface area is 157 Å². The number of sulfonamides is 1. The van der Waals surface area contributed by atoms with Crippen LogP contribution >= 0.6 is 11.3 Å². The fraction of sp³-hybridized carbons (Fsp3) is 0.444. The summed E-state index contributed by atoms with van der Waals surface area (Å²) >= 11 is 1.58. The van der Waals surface area contributed by atoms with E-state index in [9.17, 15) is 13.2 Å². The third-order valence-electron chi connectivity index (χ3n) is 4.82. The third kappa shape index (κ3) is 3.35. The van der Waals surface area contributed by atoms with Crippen LogP contribution in [0.1, 0.15) is 52.3 Å². The Bertz CT molecular complexity index is 964. The van der Waals surface area contributed by atoms with Crippen LogP contribution in [0.4, 0.5) is 5.69 Å². The molecule has 1 atom stereocenters. The van der Waals surface area contributed by atoms with Crippen molar-refractivity contribution in [2.45, 2.75) is 44.7 Å². The van der Waals surface area contributed by atoms with Crippen molar-refractivity contribution in [2.24, 2.45) is 0 Å². The highest BCUT2D eigenvalue weighted by Crippen LogP contribution is 2.40. The highest BCUT2D eigenvalue weighted by Gasteiger charge is 2.32. The van der Waals surface area contributed by atoms with Crippen LogP contribution in [0.3, 0.4) is 0 Å². The zero-order chi connectivity index (χ0) is 18.5. The minimum atomic E-state index is -3.32.